The normalized spacial score (nSPS) is 18.3. The lowest BCUT2D eigenvalue weighted by Crippen LogP contribution is -2.54. The van der Waals surface area contributed by atoms with E-state index in [1.165, 1.54) is 0 Å². The molecule has 1 atom stereocenters. The molecule has 0 saturated carbocycles. The van der Waals surface area contributed by atoms with Gasteiger partial charge in [0.15, 0.2) is 0 Å². The van der Waals surface area contributed by atoms with Crippen LogP contribution in [0.25, 0.3) is 11.3 Å². The Morgan fingerprint density at radius 3 is 2.81 bits per heavy atom. The second kappa shape index (κ2) is 9.36. The fourth-order valence-electron chi connectivity index (χ4n) is 4.31. The summed E-state index contributed by atoms with van der Waals surface area (Å²) in [5.74, 6) is 0.704. The molecule has 31 heavy (non-hydrogen) atoms. The molecule has 0 spiro atoms. The predicted molar refractivity (Wildman–Crippen MR) is 118 cm³/mol. The maximum Gasteiger partial charge on any atom is 0.410 e. The van der Waals surface area contributed by atoms with Crippen molar-refractivity contribution >= 4 is 11.9 Å². The molecule has 2 aliphatic rings. The highest BCUT2D eigenvalue weighted by Gasteiger charge is 2.32. The first kappa shape index (κ1) is 21.1. The summed E-state index contributed by atoms with van der Waals surface area (Å²) in [7, 11) is 0. The molecule has 1 fully saturated rings. The molecule has 1 amide bonds. The van der Waals surface area contributed by atoms with Crippen LogP contribution in [0.3, 0.4) is 0 Å². The van der Waals surface area contributed by atoms with E-state index < -0.39 is 0 Å². The molecule has 7 heteroatoms. The monoisotopic (exact) mass is 420 g/mol. The number of hydrogen-bond acceptors (Lipinski definition) is 6. The Balaban J connectivity index is 1.69. The van der Waals surface area contributed by atoms with E-state index in [1.54, 1.807) is 4.90 Å². The number of ether oxygens (including phenoxy) is 2. The van der Waals surface area contributed by atoms with Crippen LogP contribution in [-0.2, 0) is 22.5 Å². The number of carbonyl (C=O) groups is 1. The van der Waals surface area contributed by atoms with E-state index in [4.69, 9.17) is 14.5 Å². The maximum absolute atomic E-state index is 12.4. The van der Waals surface area contributed by atoms with E-state index in [1.807, 2.05) is 44.2 Å². The highest BCUT2D eigenvalue weighted by atomic mass is 16.6. The first-order valence-electron chi connectivity index (χ1n) is 10.9. The number of hydrogen-bond donors (Lipinski definition) is 0. The Morgan fingerprint density at radius 1 is 1.29 bits per heavy atom. The lowest BCUT2D eigenvalue weighted by Gasteiger charge is -2.40. The fraction of sp³-hybridized carbons (Fsp3) is 0.458. The summed E-state index contributed by atoms with van der Waals surface area (Å²) in [6.07, 6.45) is 1.23. The van der Waals surface area contributed by atoms with Gasteiger partial charge in [-0.3, -0.25) is 0 Å². The van der Waals surface area contributed by atoms with Gasteiger partial charge in [-0.15, -0.1) is 0 Å². The van der Waals surface area contributed by atoms with E-state index in [2.05, 4.69) is 11.0 Å². The van der Waals surface area contributed by atoms with E-state index >= 15 is 0 Å². The zero-order valence-electron chi connectivity index (χ0n) is 18.1. The van der Waals surface area contributed by atoms with Crippen LogP contribution >= 0.6 is 0 Å². The van der Waals surface area contributed by atoms with Crippen LogP contribution in [-0.4, -0.2) is 54.9 Å². The van der Waals surface area contributed by atoms with Crippen molar-refractivity contribution in [2.45, 2.75) is 39.3 Å². The summed E-state index contributed by atoms with van der Waals surface area (Å²) in [5, 5.41) is 10.0. The van der Waals surface area contributed by atoms with Crippen molar-refractivity contribution in [3.63, 3.8) is 0 Å². The molecule has 0 bridgehead atoms. The van der Waals surface area contributed by atoms with Crippen LogP contribution in [0.1, 0.15) is 37.0 Å². The van der Waals surface area contributed by atoms with Gasteiger partial charge in [0.05, 0.1) is 31.1 Å². The van der Waals surface area contributed by atoms with Crippen molar-refractivity contribution in [2.24, 2.45) is 0 Å². The van der Waals surface area contributed by atoms with Gasteiger partial charge in [0, 0.05) is 36.8 Å². The molecular weight excluding hydrogens is 392 g/mol. The number of rotatable bonds is 4. The summed E-state index contributed by atoms with van der Waals surface area (Å²) in [5.41, 5.74) is 4.57. The molecule has 0 radical (unpaired) electrons. The predicted octanol–water partition coefficient (Wildman–Crippen LogP) is 3.75. The number of nitrogens with zero attached hydrogens (tertiary/aromatic N) is 4. The van der Waals surface area contributed by atoms with Gasteiger partial charge < -0.3 is 19.3 Å². The first-order chi connectivity index (χ1) is 15.1. The van der Waals surface area contributed by atoms with Gasteiger partial charge in [-0.25, -0.2) is 9.78 Å². The van der Waals surface area contributed by atoms with Gasteiger partial charge in [0.2, 0.25) is 0 Å². The third-order valence-electron chi connectivity index (χ3n) is 5.89. The maximum atomic E-state index is 12.4. The lowest BCUT2D eigenvalue weighted by atomic mass is 9.93. The molecule has 162 valence electrons. The Bertz CT molecular complexity index is 987. The van der Waals surface area contributed by atoms with Crippen LogP contribution in [0.4, 0.5) is 10.6 Å². The van der Waals surface area contributed by atoms with E-state index in [9.17, 15) is 10.1 Å². The smallest absolute Gasteiger partial charge is 0.410 e. The molecule has 0 aliphatic carbocycles. The van der Waals surface area contributed by atoms with Gasteiger partial charge in [-0.2, -0.15) is 5.26 Å². The number of benzene rings is 1. The molecule has 2 aliphatic heterocycles. The molecule has 1 unspecified atom stereocenters. The molecule has 0 N–H and O–H groups in total. The minimum absolute atomic E-state index is 0.0361. The van der Waals surface area contributed by atoms with Gasteiger partial charge in [0.25, 0.3) is 0 Å². The van der Waals surface area contributed by atoms with Gasteiger partial charge in [-0.1, -0.05) is 37.3 Å². The van der Waals surface area contributed by atoms with Crippen LogP contribution in [0.2, 0.25) is 0 Å². The number of carbonyl (C=O) groups excluding carboxylic acids is 1. The Morgan fingerprint density at radius 2 is 2.10 bits per heavy atom. The van der Waals surface area contributed by atoms with Crippen molar-refractivity contribution in [1.82, 2.24) is 9.88 Å². The SMILES string of the molecule is CCCOC(=O)N1CCN(c2nc(-c3ccccc3)c3c(c2C#N)CCOC3)CC1C. The molecule has 1 aromatic heterocycles. The van der Waals surface area contributed by atoms with Crippen molar-refractivity contribution in [3.05, 3.63) is 47.0 Å². The van der Waals surface area contributed by atoms with E-state index in [0.717, 1.165) is 28.8 Å². The fourth-order valence-corrected chi connectivity index (χ4v) is 4.31. The van der Waals surface area contributed by atoms with Crippen LogP contribution in [0, 0.1) is 11.3 Å². The molecule has 1 saturated heterocycles. The quantitative estimate of drug-likeness (QED) is 0.750. The second-order valence-electron chi connectivity index (χ2n) is 8.00. The second-order valence-corrected chi connectivity index (χ2v) is 8.00. The highest BCUT2D eigenvalue weighted by molar-refractivity contribution is 5.73. The van der Waals surface area contributed by atoms with Crippen LogP contribution < -0.4 is 4.90 Å². The van der Waals surface area contributed by atoms with Crippen LogP contribution in [0.5, 0.6) is 0 Å². The summed E-state index contributed by atoms with van der Waals surface area (Å²) in [4.78, 5) is 21.3. The summed E-state index contributed by atoms with van der Waals surface area (Å²) in [6, 6.07) is 12.4. The van der Waals surface area contributed by atoms with Crippen molar-refractivity contribution in [2.75, 3.05) is 37.7 Å². The van der Waals surface area contributed by atoms with Crippen molar-refractivity contribution in [1.29, 1.82) is 5.26 Å². The number of amides is 1. The number of anilines is 1. The van der Waals surface area contributed by atoms with Gasteiger partial charge in [0.1, 0.15) is 11.9 Å². The third-order valence-corrected chi connectivity index (χ3v) is 5.89. The van der Waals surface area contributed by atoms with Gasteiger partial charge >= 0.3 is 6.09 Å². The minimum atomic E-state index is -0.268. The molecule has 1 aromatic carbocycles. The topological polar surface area (TPSA) is 78.7 Å². The number of aromatic nitrogens is 1. The number of nitriles is 1. The minimum Gasteiger partial charge on any atom is -0.449 e. The summed E-state index contributed by atoms with van der Waals surface area (Å²) >= 11 is 0. The Labute approximate surface area is 183 Å². The van der Waals surface area contributed by atoms with Crippen LogP contribution in [0.15, 0.2) is 30.3 Å². The number of fused-ring (bicyclic) bond motifs is 1. The Hall–Kier alpha value is -3.11. The van der Waals surface area contributed by atoms with E-state index in [-0.39, 0.29) is 12.1 Å². The lowest BCUT2D eigenvalue weighted by molar-refractivity contribution is 0.0849. The molecule has 2 aromatic rings. The zero-order valence-corrected chi connectivity index (χ0v) is 18.1. The first-order valence-corrected chi connectivity index (χ1v) is 10.9. The Kier molecular flexibility index (Phi) is 6.38. The summed E-state index contributed by atoms with van der Waals surface area (Å²) < 4.78 is 11.0. The summed E-state index contributed by atoms with van der Waals surface area (Å²) in [6.45, 7) is 7.24. The third kappa shape index (κ3) is 4.21. The zero-order chi connectivity index (χ0) is 21.8. The molecule has 7 nitrogen and oxygen atoms in total. The average Bonchev–Trinajstić information content (AvgIpc) is 2.81. The molecular formula is C24H28N4O3. The number of piperazine rings is 1. The van der Waals surface area contributed by atoms with Crippen molar-refractivity contribution in [3.8, 4) is 17.3 Å². The largest absolute Gasteiger partial charge is 0.449 e. The van der Waals surface area contributed by atoms with Crippen molar-refractivity contribution < 1.29 is 14.3 Å². The molecule has 3 heterocycles. The highest BCUT2D eigenvalue weighted by Crippen LogP contribution is 2.35. The molecule has 4 rings (SSSR count). The van der Waals surface area contributed by atoms with Gasteiger partial charge in [-0.05, 0) is 25.3 Å². The average molecular weight is 421 g/mol. The standard InChI is InChI=1S/C24H28N4O3/c1-3-12-31-24(29)28-11-10-27(15-17(28)2)23-20(14-25)19-9-13-30-16-21(19)22(26-23)18-7-5-4-6-8-18/h4-8,17H,3,9-13,15-16H2,1-2H3. The number of pyridine rings is 1. The van der Waals surface area contributed by atoms with E-state index in [0.29, 0.717) is 57.3 Å².